The van der Waals surface area contributed by atoms with E-state index >= 15 is 0 Å². The number of benzene rings is 2. The SMILES string of the molecule is CCn1c(=O)c(=O)[nH]c2cc(C(=O)NCC(c3ccccc3)N(C)C)ccc21. The van der Waals surface area contributed by atoms with Gasteiger partial charge in [-0.3, -0.25) is 14.4 Å². The Morgan fingerprint density at radius 2 is 1.86 bits per heavy atom. The van der Waals surface area contributed by atoms with E-state index in [2.05, 4.69) is 10.3 Å². The van der Waals surface area contributed by atoms with Gasteiger partial charge in [0.25, 0.3) is 5.91 Å². The maximum Gasteiger partial charge on any atom is 0.316 e. The summed E-state index contributed by atoms with van der Waals surface area (Å²) in [5.41, 5.74) is 1.32. The minimum absolute atomic E-state index is 0.0377. The molecule has 0 spiro atoms. The van der Waals surface area contributed by atoms with Crippen LogP contribution in [-0.2, 0) is 6.54 Å². The average molecular weight is 380 g/mol. The molecule has 3 aromatic rings. The monoisotopic (exact) mass is 380 g/mol. The predicted octanol–water partition coefficient (Wildman–Crippen LogP) is 1.74. The van der Waals surface area contributed by atoms with Crippen LogP contribution in [0.25, 0.3) is 11.0 Å². The number of carbonyl (C=O) groups excluding carboxylic acids is 1. The van der Waals surface area contributed by atoms with Crippen LogP contribution >= 0.6 is 0 Å². The lowest BCUT2D eigenvalue weighted by Crippen LogP contribution is -2.36. The van der Waals surface area contributed by atoms with Gasteiger partial charge in [0.1, 0.15) is 0 Å². The number of likely N-dealkylation sites (N-methyl/N-ethyl adjacent to an activating group) is 1. The van der Waals surface area contributed by atoms with Crippen molar-refractivity contribution in [3.8, 4) is 0 Å². The van der Waals surface area contributed by atoms with E-state index in [4.69, 9.17) is 0 Å². The number of hydrogen-bond donors (Lipinski definition) is 2. The summed E-state index contributed by atoms with van der Waals surface area (Å²) in [5.74, 6) is -0.236. The topological polar surface area (TPSA) is 87.2 Å². The second-order valence-electron chi connectivity index (χ2n) is 6.84. The summed E-state index contributed by atoms with van der Waals surface area (Å²) < 4.78 is 1.40. The third-order valence-electron chi connectivity index (χ3n) is 4.82. The van der Waals surface area contributed by atoms with Crippen LogP contribution in [0.5, 0.6) is 0 Å². The number of carbonyl (C=O) groups is 1. The van der Waals surface area contributed by atoms with Crippen molar-refractivity contribution in [2.24, 2.45) is 0 Å². The molecule has 2 aromatic carbocycles. The third kappa shape index (κ3) is 3.89. The Balaban J connectivity index is 1.84. The Hall–Kier alpha value is -3.19. The standard InChI is InChI=1S/C21H24N4O3/c1-4-25-17-11-10-15(12-16(17)23-20(27)21(25)28)19(26)22-13-18(24(2)3)14-8-6-5-7-9-14/h5-12,18H,4,13H2,1-3H3,(H,22,26)(H,23,27). The number of aromatic amines is 1. The molecule has 0 aliphatic carbocycles. The van der Waals surface area contributed by atoms with Crippen LogP contribution in [0, 0.1) is 0 Å². The smallest absolute Gasteiger partial charge is 0.316 e. The highest BCUT2D eigenvalue weighted by Crippen LogP contribution is 2.17. The molecule has 7 heteroatoms. The summed E-state index contributed by atoms with van der Waals surface area (Å²) in [6.45, 7) is 2.62. The van der Waals surface area contributed by atoms with Crippen LogP contribution in [0.15, 0.2) is 58.1 Å². The first-order valence-corrected chi connectivity index (χ1v) is 9.18. The number of nitrogens with one attached hydrogen (secondary N) is 2. The molecule has 1 atom stereocenters. The maximum absolute atomic E-state index is 12.7. The molecule has 2 N–H and O–H groups in total. The van der Waals surface area contributed by atoms with Gasteiger partial charge in [-0.2, -0.15) is 0 Å². The first-order valence-electron chi connectivity index (χ1n) is 9.18. The number of nitrogens with zero attached hydrogens (tertiary/aromatic N) is 2. The van der Waals surface area contributed by atoms with Crippen molar-refractivity contribution in [2.45, 2.75) is 19.5 Å². The van der Waals surface area contributed by atoms with Gasteiger partial charge in [0.15, 0.2) is 0 Å². The molecule has 0 bridgehead atoms. The molecule has 0 saturated heterocycles. The minimum atomic E-state index is -0.691. The molecule has 28 heavy (non-hydrogen) atoms. The van der Waals surface area contributed by atoms with Crippen molar-refractivity contribution in [2.75, 3.05) is 20.6 Å². The van der Waals surface area contributed by atoms with Crippen molar-refractivity contribution in [1.82, 2.24) is 19.8 Å². The molecule has 7 nitrogen and oxygen atoms in total. The lowest BCUT2D eigenvalue weighted by molar-refractivity contribution is 0.0942. The highest BCUT2D eigenvalue weighted by atomic mass is 16.2. The molecule has 0 saturated carbocycles. The normalized spacial score (nSPS) is 12.3. The summed E-state index contributed by atoms with van der Waals surface area (Å²) in [4.78, 5) is 41.1. The van der Waals surface area contributed by atoms with Gasteiger partial charge in [0.2, 0.25) is 0 Å². The van der Waals surface area contributed by atoms with Gasteiger partial charge >= 0.3 is 11.1 Å². The predicted molar refractivity (Wildman–Crippen MR) is 110 cm³/mol. The molecular weight excluding hydrogens is 356 g/mol. The van der Waals surface area contributed by atoms with Crippen molar-refractivity contribution >= 4 is 16.9 Å². The first kappa shape index (κ1) is 19.6. The number of aryl methyl sites for hydroxylation is 1. The minimum Gasteiger partial charge on any atom is -0.350 e. The fourth-order valence-corrected chi connectivity index (χ4v) is 3.30. The highest BCUT2D eigenvalue weighted by Gasteiger charge is 2.16. The van der Waals surface area contributed by atoms with E-state index in [1.807, 2.05) is 49.3 Å². The van der Waals surface area contributed by atoms with Crippen molar-refractivity contribution in [3.63, 3.8) is 0 Å². The van der Waals surface area contributed by atoms with Gasteiger partial charge in [0.05, 0.1) is 17.1 Å². The Labute approximate surface area is 162 Å². The van der Waals surface area contributed by atoms with Crippen LogP contribution in [0.4, 0.5) is 0 Å². The van der Waals surface area contributed by atoms with Crippen molar-refractivity contribution in [3.05, 3.63) is 80.4 Å². The summed E-state index contributed by atoms with van der Waals surface area (Å²) >= 11 is 0. The Kier molecular flexibility index (Phi) is 5.75. The Morgan fingerprint density at radius 3 is 2.50 bits per heavy atom. The quantitative estimate of drug-likeness (QED) is 0.638. The molecule has 0 aliphatic heterocycles. The number of amides is 1. The fraction of sp³-hybridized carbons (Fsp3) is 0.286. The zero-order valence-corrected chi connectivity index (χ0v) is 16.2. The molecular formula is C21H24N4O3. The van der Waals surface area contributed by atoms with E-state index in [0.29, 0.717) is 29.7 Å². The Bertz CT molecular complexity index is 1100. The van der Waals surface area contributed by atoms with E-state index in [1.165, 1.54) is 4.57 Å². The van der Waals surface area contributed by atoms with Gasteiger partial charge in [0, 0.05) is 18.7 Å². The molecule has 1 aromatic heterocycles. The second kappa shape index (κ2) is 8.22. The lowest BCUT2D eigenvalue weighted by Gasteiger charge is -2.25. The van der Waals surface area contributed by atoms with Crippen LogP contribution in [-0.4, -0.2) is 41.0 Å². The summed E-state index contributed by atoms with van der Waals surface area (Å²) in [5, 5.41) is 2.96. The van der Waals surface area contributed by atoms with E-state index in [0.717, 1.165) is 5.56 Å². The molecule has 1 amide bonds. The van der Waals surface area contributed by atoms with E-state index in [1.54, 1.807) is 25.1 Å². The molecule has 0 fully saturated rings. The molecule has 0 radical (unpaired) electrons. The van der Waals surface area contributed by atoms with Crippen LogP contribution < -0.4 is 16.4 Å². The van der Waals surface area contributed by atoms with Crippen LogP contribution in [0.1, 0.15) is 28.9 Å². The van der Waals surface area contributed by atoms with Gasteiger partial charge in [-0.05, 0) is 44.8 Å². The van der Waals surface area contributed by atoms with Crippen LogP contribution in [0.2, 0.25) is 0 Å². The van der Waals surface area contributed by atoms with E-state index in [-0.39, 0.29) is 11.9 Å². The molecule has 146 valence electrons. The third-order valence-corrected chi connectivity index (χ3v) is 4.82. The Morgan fingerprint density at radius 1 is 1.14 bits per heavy atom. The number of aromatic nitrogens is 2. The van der Waals surface area contributed by atoms with E-state index < -0.39 is 11.1 Å². The lowest BCUT2D eigenvalue weighted by atomic mass is 10.1. The van der Waals surface area contributed by atoms with Gasteiger partial charge < -0.3 is 19.8 Å². The molecule has 0 aliphatic rings. The number of rotatable bonds is 6. The average Bonchev–Trinajstić information content (AvgIpc) is 2.69. The fourth-order valence-electron chi connectivity index (χ4n) is 3.30. The van der Waals surface area contributed by atoms with Gasteiger partial charge in [-0.1, -0.05) is 30.3 Å². The second-order valence-corrected chi connectivity index (χ2v) is 6.84. The van der Waals surface area contributed by atoms with Gasteiger partial charge in [-0.15, -0.1) is 0 Å². The van der Waals surface area contributed by atoms with Crippen LogP contribution in [0.3, 0.4) is 0 Å². The maximum atomic E-state index is 12.7. The molecule has 1 unspecified atom stereocenters. The number of fused-ring (bicyclic) bond motifs is 1. The number of hydrogen-bond acceptors (Lipinski definition) is 4. The summed E-state index contributed by atoms with van der Waals surface area (Å²) in [6.07, 6.45) is 0. The first-order chi connectivity index (χ1) is 13.4. The molecule has 3 rings (SSSR count). The zero-order chi connectivity index (χ0) is 20.3. The van der Waals surface area contributed by atoms with E-state index in [9.17, 15) is 14.4 Å². The van der Waals surface area contributed by atoms with Crippen molar-refractivity contribution in [1.29, 1.82) is 0 Å². The largest absolute Gasteiger partial charge is 0.350 e. The summed E-state index contributed by atoms with van der Waals surface area (Å²) in [6, 6.07) is 15.0. The van der Waals surface area contributed by atoms with Crippen molar-refractivity contribution < 1.29 is 4.79 Å². The molecule has 1 heterocycles. The summed E-state index contributed by atoms with van der Waals surface area (Å²) in [7, 11) is 3.93. The number of H-pyrrole nitrogens is 1. The highest BCUT2D eigenvalue weighted by molar-refractivity contribution is 5.97. The zero-order valence-electron chi connectivity index (χ0n) is 16.2. The van der Waals surface area contributed by atoms with Gasteiger partial charge in [-0.25, -0.2) is 0 Å².